The minimum absolute atomic E-state index is 0.267. The largest absolute Gasteiger partial charge is 0.480 e. The van der Waals surface area contributed by atoms with Gasteiger partial charge in [0.15, 0.2) is 0 Å². The Kier molecular flexibility index (Phi) is 5.74. The number of amides is 1. The van der Waals surface area contributed by atoms with E-state index in [9.17, 15) is 9.59 Å². The third-order valence-electron chi connectivity index (χ3n) is 3.25. The quantitative estimate of drug-likeness (QED) is 0.840. The monoisotopic (exact) mass is 277 g/mol. The van der Waals surface area contributed by atoms with E-state index in [4.69, 9.17) is 5.11 Å². The predicted molar refractivity (Wildman–Crippen MR) is 78.6 cm³/mol. The van der Waals surface area contributed by atoms with E-state index >= 15 is 0 Å². The molecule has 110 valence electrons. The molecule has 0 saturated heterocycles. The first-order valence-electron chi connectivity index (χ1n) is 6.93. The number of aliphatic carboxylic acids is 1. The van der Waals surface area contributed by atoms with Crippen LogP contribution in [0.4, 0.5) is 0 Å². The standard InChI is InChI=1S/C16H23NO3/c1-10(2)9-13-5-7-14(8-6-13)11(3)15(18)17-12(4)16(19)20/h5-8,10-12H,9H2,1-4H3,(H,17,18)(H,19,20). The Morgan fingerprint density at radius 3 is 2.10 bits per heavy atom. The van der Waals surface area contributed by atoms with E-state index < -0.39 is 12.0 Å². The molecule has 0 bridgehead atoms. The Labute approximate surface area is 120 Å². The van der Waals surface area contributed by atoms with Gasteiger partial charge in [-0.3, -0.25) is 9.59 Å². The van der Waals surface area contributed by atoms with Crippen LogP contribution in [0.3, 0.4) is 0 Å². The molecule has 1 aromatic rings. The fraction of sp³-hybridized carbons (Fsp3) is 0.500. The van der Waals surface area contributed by atoms with Crippen LogP contribution in [0.2, 0.25) is 0 Å². The zero-order chi connectivity index (χ0) is 15.3. The zero-order valence-electron chi connectivity index (χ0n) is 12.5. The van der Waals surface area contributed by atoms with Crippen molar-refractivity contribution < 1.29 is 14.7 Å². The predicted octanol–water partition coefficient (Wildman–Crippen LogP) is 2.58. The summed E-state index contributed by atoms with van der Waals surface area (Å²) in [5.74, 6) is -1.06. The molecule has 20 heavy (non-hydrogen) atoms. The second-order valence-corrected chi connectivity index (χ2v) is 5.63. The van der Waals surface area contributed by atoms with Crippen molar-refractivity contribution in [3.05, 3.63) is 35.4 Å². The van der Waals surface area contributed by atoms with E-state index in [-0.39, 0.29) is 11.8 Å². The van der Waals surface area contributed by atoms with Crippen LogP contribution in [0.1, 0.15) is 44.7 Å². The highest BCUT2D eigenvalue weighted by Crippen LogP contribution is 2.17. The topological polar surface area (TPSA) is 66.4 Å². The molecule has 2 unspecified atom stereocenters. The van der Waals surface area contributed by atoms with Gasteiger partial charge in [0.05, 0.1) is 5.92 Å². The molecule has 0 fully saturated rings. The highest BCUT2D eigenvalue weighted by atomic mass is 16.4. The number of rotatable bonds is 6. The lowest BCUT2D eigenvalue weighted by Crippen LogP contribution is -2.40. The van der Waals surface area contributed by atoms with Gasteiger partial charge in [0, 0.05) is 0 Å². The van der Waals surface area contributed by atoms with Crippen molar-refractivity contribution in [3.8, 4) is 0 Å². The van der Waals surface area contributed by atoms with Gasteiger partial charge in [-0.1, -0.05) is 38.1 Å². The number of benzene rings is 1. The Morgan fingerprint density at radius 1 is 1.10 bits per heavy atom. The third-order valence-corrected chi connectivity index (χ3v) is 3.25. The van der Waals surface area contributed by atoms with E-state index in [0.29, 0.717) is 5.92 Å². The SMILES string of the molecule is CC(C)Cc1ccc(C(C)C(=O)NC(C)C(=O)O)cc1. The number of carbonyl (C=O) groups excluding carboxylic acids is 1. The lowest BCUT2D eigenvalue weighted by molar-refractivity contribution is -0.141. The number of carboxylic acid groups (broad SMARTS) is 1. The van der Waals surface area contributed by atoms with Gasteiger partial charge < -0.3 is 10.4 Å². The van der Waals surface area contributed by atoms with Crippen LogP contribution in [0.5, 0.6) is 0 Å². The van der Waals surface area contributed by atoms with Crippen molar-refractivity contribution in [1.82, 2.24) is 5.32 Å². The number of carbonyl (C=O) groups is 2. The molecule has 0 aliphatic carbocycles. The van der Waals surface area contributed by atoms with Crippen LogP contribution in [-0.2, 0) is 16.0 Å². The Morgan fingerprint density at radius 2 is 1.65 bits per heavy atom. The molecule has 0 aliphatic heterocycles. The average Bonchev–Trinajstić information content (AvgIpc) is 2.37. The van der Waals surface area contributed by atoms with Gasteiger partial charge >= 0.3 is 5.97 Å². The zero-order valence-corrected chi connectivity index (χ0v) is 12.5. The summed E-state index contributed by atoms with van der Waals surface area (Å²) in [5.41, 5.74) is 2.14. The van der Waals surface area contributed by atoms with E-state index in [2.05, 4.69) is 19.2 Å². The van der Waals surface area contributed by atoms with Crippen LogP contribution in [-0.4, -0.2) is 23.0 Å². The Hall–Kier alpha value is -1.84. The van der Waals surface area contributed by atoms with Crippen molar-refractivity contribution in [3.63, 3.8) is 0 Å². The Bertz CT molecular complexity index is 465. The maximum atomic E-state index is 11.9. The maximum absolute atomic E-state index is 11.9. The molecule has 0 saturated carbocycles. The minimum Gasteiger partial charge on any atom is -0.480 e. The fourth-order valence-corrected chi connectivity index (χ4v) is 1.97. The normalized spacial score (nSPS) is 13.8. The van der Waals surface area contributed by atoms with Crippen LogP contribution in [0, 0.1) is 5.92 Å². The Balaban J connectivity index is 2.69. The van der Waals surface area contributed by atoms with E-state index in [1.165, 1.54) is 12.5 Å². The summed E-state index contributed by atoms with van der Waals surface area (Å²) in [5, 5.41) is 11.3. The van der Waals surface area contributed by atoms with E-state index in [1.807, 2.05) is 24.3 Å². The lowest BCUT2D eigenvalue weighted by atomic mass is 9.96. The molecule has 0 radical (unpaired) electrons. The molecule has 0 heterocycles. The van der Waals surface area contributed by atoms with Gasteiger partial charge in [-0.15, -0.1) is 0 Å². The summed E-state index contributed by atoms with van der Waals surface area (Å²) in [6, 6.07) is 7.06. The molecule has 1 amide bonds. The average molecular weight is 277 g/mol. The molecule has 0 aliphatic rings. The van der Waals surface area contributed by atoms with Crippen molar-refractivity contribution >= 4 is 11.9 Å². The maximum Gasteiger partial charge on any atom is 0.325 e. The first-order valence-corrected chi connectivity index (χ1v) is 6.93. The molecule has 1 rings (SSSR count). The van der Waals surface area contributed by atoms with Gasteiger partial charge in [-0.25, -0.2) is 0 Å². The molecule has 4 heteroatoms. The number of hydrogen-bond acceptors (Lipinski definition) is 2. The second-order valence-electron chi connectivity index (χ2n) is 5.63. The van der Waals surface area contributed by atoms with Crippen LogP contribution in [0.25, 0.3) is 0 Å². The highest BCUT2D eigenvalue weighted by molar-refractivity contribution is 5.87. The molecule has 2 N–H and O–H groups in total. The highest BCUT2D eigenvalue weighted by Gasteiger charge is 2.20. The second kappa shape index (κ2) is 7.08. The van der Waals surface area contributed by atoms with Crippen molar-refractivity contribution in [2.24, 2.45) is 5.92 Å². The lowest BCUT2D eigenvalue weighted by Gasteiger charge is -2.15. The summed E-state index contributed by atoms with van der Waals surface area (Å²) in [6.07, 6.45) is 1.01. The minimum atomic E-state index is -1.03. The number of nitrogens with one attached hydrogen (secondary N) is 1. The molecule has 1 aromatic carbocycles. The molecule has 2 atom stereocenters. The molecular weight excluding hydrogens is 254 g/mol. The third kappa shape index (κ3) is 4.68. The number of carboxylic acids is 1. The molecule has 4 nitrogen and oxygen atoms in total. The van der Waals surface area contributed by atoms with Gasteiger partial charge in [0.25, 0.3) is 0 Å². The van der Waals surface area contributed by atoms with E-state index in [0.717, 1.165) is 12.0 Å². The number of hydrogen-bond donors (Lipinski definition) is 2. The summed E-state index contributed by atoms with van der Waals surface area (Å²) in [4.78, 5) is 22.7. The van der Waals surface area contributed by atoms with Crippen LogP contribution < -0.4 is 5.32 Å². The fourth-order valence-electron chi connectivity index (χ4n) is 1.97. The summed E-state index contributed by atoms with van der Waals surface area (Å²) in [7, 11) is 0. The van der Waals surface area contributed by atoms with Crippen molar-refractivity contribution in [1.29, 1.82) is 0 Å². The summed E-state index contributed by atoms with van der Waals surface area (Å²) < 4.78 is 0. The van der Waals surface area contributed by atoms with E-state index in [1.54, 1.807) is 6.92 Å². The molecule has 0 spiro atoms. The summed E-state index contributed by atoms with van der Waals surface area (Å²) >= 11 is 0. The van der Waals surface area contributed by atoms with Crippen molar-refractivity contribution in [2.75, 3.05) is 0 Å². The van der Waals surface area contributed by atoms with Gasteiger partial charge in [0.1, 0.15) is 6.04 Å². The smallest absolute Gasteiger partial charge is 0.325 e. The van der Waals surface area contributed by atoms with Crippen LogP contribution >= 0.6 is 0 Å². The van der Waals surface area contributed by atoms with Crippen LogP contribution in [0.15, 0.2) is 24.3 Å². The molecular formula is C16H23NO3. The van der Waals surface area contributed by atoms with Gasteiger partial charge in [0.2, 0.25) is 5.91 Å². The molecule has 0 aromatic heterocycles. The summed E-state index contributed by atoms with van der Waals surface area (Å²) in [6.45, 7) is 7.56. The first-order chi connectivity index (χ1) is 9.31. The van der Waals surface area contributed by atoms with Crippen molar-refractivity contribution in [2.45, 2.75) is 46.1 Å². The first kappa shape index (κ1) is 16.2. The van der Waals surface area contributed by atoms with Gasteiger partial charge in [-0.2, -0.15) is 0 Å². The van der Waals surface area contributed by atoms with Gasteiger partial charge in [-0.05, 0) is 37.3 Å².